The highest BCUT2D eigenvalue weighted by Crippen LogP contribution is 2.25. The molecule has 0 aromatic heterocycles. The lowest BCUT2D eigenvalue weighted by atomic mass is 10.0. The van der Waals surface area contributed by atoms with Crippen molar-refractivity contribution in [1.29, 1.82) is 0 Å². The molecule has 0 radical (unpaired) electrons. The Balaban J connectivity index is 3.45. The molecule has 3 atom stereocenters. The number of hydrogen-bond donors (Lipinski definition) is 4. The molecule has 7 heteroatoms. The van der Waals surface area contributed by atoms with Gasteiger partial charge in [-0.1, -0.05) is 96.8 Å². The Morgan fingerprint density at radius 1 is 0.800 bits per heavy atom. The van der Waals surface area contributed by atoms with Gasteiger partial charge in [-0.05, 0) is 11.0 Å². The second-order valence-electron chi connectivity index (χ2n) is 8.38. The van der Waals surface area contributed by atoms with Crippen LogP contribution in [0.4, 0.5) is 0 Å². The summed E-state index contributed by atoms with van der Waals surface area (Å²) in [5, 5.41) is 30.6. The van der Waals surface area contributed by atoms with Gasteiger partial charge in [0.05, 0.1) is 13.2 Å². The Bertz CT molecular complexity index is 422. The molecule has 3 unspecified atom stereocenters. The normalized spacial score (nSPS) is 13.9. The third kappa shape index (κ3) is 18.4. The standard InChI is InChI=1S/C23H47NO5P/c1-2-3-4-5-6-7-8-9-10-11-12-13-14-15-16-17-21(26)20-22(27)23(28)30(29)24-18-19-25/h22-23,25,27-28H,2-20H2,1H3,(H,24,29)/q+1. The number of Topliss-reactive ketones (excluding diaryl/α,β-unsaturated/α-hetero) is 1. The summed E-state index contributed by atoms with van der Waals surface area (Å²) in [5.41, 5.74) is 0. The zero-order valence-corrected chi connectivity index (χ0v) is 20.1. The molecule has 6 nitrogen and oxygen atoms in total. The number of carbonyl (C=O) groups is 1. The van der Waals surface area contributed by atoms with Gasteiger partial charge in [-0.2, -0.15) is 0 Å². The highest BCUT2D eigenvalue weighted by Gasteiger charge is 2.36. The molecule has 0 bridgehead atoms. The van der Waals surface area contributed by atoms with Crippen molar-refractivity contribution in [2.75, 3.05) is 13.2 Å². The molecular formula is C23H47NO5P+. The molecule has 0 fully saturated rings. The average molecular weight is 449 g/mol. The van der Waals surface area contributed by atoms with Gasteiger partial charge in [0, 0.05) is 12.8 Å². The maximum absolute atomic E-state index is 11.9. The van der Waals surface area contributed by atoms with E-state index in [0.29, 0.717) is 6.42 Å². The lowest BCUT2D eigenvalue weighted by Crippen LogP contribution is -2.29. The van der Waals surface area contributed by atoms with Crippen LogP contribution in [0.5, 0.6) is 0 Å². The lowest BCUT2D eigenvalue weighted by Gasteiger charge is -2.09. The second-order valence-corrected chi connectivity index (χ2v) is 9.88. The van der Waals surface area contributed by atoms with E-state index < -0.39 is 19.9 Å². The first-order valence-corrected chi connectivity index (χ1v) is 13.5. The van der Waals surface area contributed by atoms with Gasteiger partial charge in [-0.3, -0.25) is 4.79 Å². The molecule has 0 aliphatic rings. The van der Waals surface area contributed by atoms with Crippen molar-refractivity contribution in [1.82, 2.24) is 5.09 Å². The quantitative estimate of drug-likeness (QED) is 0.126. The van der Waals surface area contributed by atoms with Crippen LogP contribution in [0.1, 0.15) is 116 Å². The van der Waals surface area contributed by atoms with Gasteiger partial charge < -0.3 is 15.3 Å². The number of hydrogen-bond acceptors (Lipinski definition) is 5. The van der Waals surface area contributed by atoms with Crippen molar-refractivity contribution in [2.24, 2.45) is 0 Å². The van der Waals surface area contributed by atoms with Gasteiger partial charge >= 0.3 is 7.95 Å². The maximum atomic E-state index is 11.9. The van der Waals surface area contributed by atoms with E-state index in [-0.39, 0.29) is 25.4 Å². The van der Waals surface area contributed by atoms with E-state index in [4.69, 9.17) is 5.11 Å². The van der Waals surface area contributed by atoms with Gasteiger partial charge in [0.2, 0.25) is 0 Å². The van der Waals surface area contributed by atoms with Gasteiger partial charge in [-0.15, -0.1) is 5.09 Å². The van der Waals surface area contributed by atoms with Crippen molar-refractivity contribution in [2.45, 2.75) is 128 Å². The first-order chi connectivity index (χ1) is 14.5. The van der Waals surface area contributed by atoms with Crippen molar-refractivity contribution in [3.63, 3.8) is 0 Å². The summed E-state index contributed by atoms with van der Waals surface area (Å²) < 4.78 is 11.6. The maximum Gasteiger partial charge on any atom is 0.466 e. The van der Waals surface area contributed by atoms with E-state index in [0.717, 1.165) is 19.3 Å². The number of carbonyl (C=O) groups excluding carboxylic acids is 1. The van der Waals surface area contributed by atoms with Crippen molar-refractivity contribution >= 4 is 13.7 Å². The largest absolute Gasteiger partial charge is 0.466 e. The number of rotatable bonds is 23. The Hall–Kier alpha value is -0.390. The summed E-state index contributed by atoms with van der Waals surface area (Å²) in [4.78, 5) is 11.9. The molecule has 0 amide bonds. The number of aliphatic hydroxyl groups is 3. The van der Waals surface area contributed by atoms with Crippen molar-refractivity contribution in [3.8, 4) is 0 Å². The molecule has 0 aromatic rings. The van der Waals surface area contributed by atoms with Crippen LogP contribution in [0.2, 0.25) is 0 Å². The molecule has 4 N–H and O–H groups in total. The molecule has 0 aliphatic heterocycles. The summed E-state index contributed by atoms with van der Waals surface area (Å²) in [6.07, 6.45) is 18.0. The molecule has 30 heavy (non-hydrogen) atoms. The fraction of sp³-hybridized carbons (Fsp3) is 0.957. The predicted molar refractivity (Wildman–Crippen MR) is 124 cm³/mol. The van der Waals surface area contributed by atoms with E-state index in [9.17, 15) is 19.6 Å². The number of aliphatic hydroxyl groups excluding tert-OH is 3. The van der Waals surface area contributed by atoms with Crippen LogP contribution in [0.3, 0.4) is 0 Å². The fourth-order valence-corrected chi connectivity index (χ4v) is 4.47. The zero-order valence-electron chi connectivity index (χ0n) is 19.2. The molecular weight excluding hydrogens is 401 g/mol. The van der Waals surface area contributed by atoms with Crippen LogP contribution < -0.4 is 5.09 Å². The summed E-state index contributed by atoms with van der Waals surface area (Å²) in [6.45, 7) is 2.12. The predicted octanol–water partition coefficient (Wildman–Crippen LogP) is 5.21. The molecule has 0 aliphatic carbocycles. The smallest absolute Gasteiger partial charge is 0.395 e. The van der Waals surface area contributed by atoms with Gasteiger partial charge in [0.1, 0.15) is 11.9 Å². The summed E-state index contributed by atoms with van der Waals surface area (Å²) >= 11 is 0. The van der Waals surface area contributed by atoms with Crippen molar-refractivity contribution < 1.29 is 24.7 Å². The van der Waals surface area contributed by atoms with E-state index in [2.05, 4.69) is 12.0 Å². The van der Waals surface area contributed by atoms with E-state index >= 15 is 0 Å². The molecule has 0 spiro atoms. The highest BCUT2D eigenvalue weighted by atomic mass is 31.1. The molecule has 0 saturated heterocycles. The van der Waals surface area contributed by atoms with Crippen molar-refractivity contribution in [3.05, 3.63) is 0 Å². The Morgan fingerprint density at radius 3 is 1.67 bits per heavy atom. The molecule has 0 saturated carbocycles. The number of ketones is 1. The SMILES string of the molecule is CCCCCCCCCCCCCCCCCC(=O)CC(O)C(O)[P+](=O)NCCO. The van der Waals surface area contributed by atoms with Crippen LogP contribution in [0.25, 0.3) is 0 Å². The first-order valence-electron chi connectivity index (χ1n) is 12.2. The second kappa shape index (κ2) is 21.8. The van der Waals surface area contributed by atoms with Gasteiger partial charge in [0.15, 0.2) is 0 Å². The highest BCUT2D eigenvalue weighted by molar-refractivity contribution is 7.43. The topological polar surface area (TPSA) is 107 Å². The molecule has 0 rings (SSSR count). The Kier molecular flexibility index (Phi) is 21.5. The summed E-state index contributed by atoms with van der Waals surface area (Å²) in [7, 11) is -2.26. The lowest BCUT2D eigenvalue weighted by molar-refractivity contribution is -0.122. The zero-order chi connectivity index (χ0) is 22.5. The van der Waals surface area contributed by atoms with Crippen LogP contribution >= 0.6 is 7.95 Å². The summed E-state index contributed by atoms with van der Waals surface area (Å²) in [5.74, 6) is -1.60. The van der Waals surface area contributed by atoms with E-state index in [1.807, 2.05) is 0 Å². The van der Waals surface area contributed by atoms with E-state index in [1.54, 1.807) is 0 Å². The van der Waals surface area contributed by atoms with Gasteiger partial charge in [-0.25, -0.2) is 0 Å². The minimum absolute atomic E-state index is 0.0755. The third-order valence-corrected chi connectivity index (χ3v) is 6.82. The number of nitrogens with one attached hydrogen (secondary N) is 1. The van der Waals surface area contributed by atoms with Gasteiger partial charge in [0.25, 0.3) is 5.85 Å². The fourth-order valence-electron chi connectivity index (χ4n) is 3.54. The monoisotopic (exact) mass is 448 g/mol. The van der Waals surface area contributed by atoms with Crippen LogP contribution in [-0.4, -0.2) is 46.2 Å². The third-order valence-electron chi connectivity index (χ3n) is 5.46. The minimum Gasteiger partial charge on any atom is -0.395 e. The van der Waals surface area contributed by atoms with Crippen LogP contribution in [-0.2, 0) is 9.36 Å². The minimum atomic E-state index is -2.26. The molecule has 178 valence electrons. The Morgan fingerprint density at radius 2 is 1.23 bits per heavy atom. The average Bonchev–Trinajstić information content (AvgIpc) is 2.74. The van der Waals surface area contributed by atoms with Crippen LogP contribution in [0.15, 0.2) is 0 Å². The Labute approximate surface area is 185 Å². The molecule has 0 aromatic carbocycles. The van der Waals surface area contributed by atoms with E-state index in [1.165, 1.54) is 77.0 Å². The number of unbranched alkanes of at least 4 members (excludes halogenated alkanes) is 14. The molecule has 0 heterocycles. The summed E-state index contributed by atoms with van der Waals surface area (Å²) in [6, 6.07) is 0. The first kappa shape index (κ1) is 29.6. The van der Waals surface area contributed by atoms with Crippen LogP contribution in [0, 0.1) is 0 Å².